The molecule has 0 N–H and O–H groups in total. The van der Waals surface area contributed by atoms with E-state index in [1.165, 1.54) is 51.4 Å². The summed E-state index contributed by atoms with van der Waals surface area (Å²) in [6.07, 6.45) is 19.4. The zero-order chi connectivity index (χ0) is 22.3. The van der Waals surface area contributed by atoms with Gasteiger partial charge in [0.05, 0.1) is 13.2 Å². The van der Waals surface area contributed by atoms with Crippen LogP contribution in [0.2, 0.25) is 0 Å². The summed E-state index contributed by atoms with van der Waals surface area (Å²) in [4.78, 5) is 23.3. The Balaban J connectivity index is 3.26. The van der Waals surface area contributed by atoms with Crippen LogP contribution >= 0.6 is 0 Å². The van der Waals surface area contributed by atoms with Gasteiger partial charge in [0.25, 0.3) is 0 Å². The minimum Gasteiger partial charge on any atom is -0.466 e. The summed E-state index contributed by atoms with van der Waals surface area (Å²) in [7, 11) is 0. The van der Waals surface area contributed by atoms with Gasteiger partial charge in [-0.2, -0.15) is 0 Å². The van der Waals surface area contributed by atoms with Gasteiger partial charge in [0, 0.05) is 19.3 Å². The molecule has 0 amide bonds. The highest BCUT2D eigenvalue weighted by atomic mass is 16.5. The summed E-state index contributed by atoms with van der Waals surface area (Å²) < 4.78 is 10.5. The molecule has 0 aliphatic rings. The lowest BCUT2D eigenvalue weighted by Gasteiger charge is -2.06. The number of hydrogen-bond acceptors (Lipinski definition) is 4. The van der Waals surface area contributed by atoms with Crippen LogP contribution in [0.5, 0.6) is 0 Å². The maximum absolute atomic E-state index is 11.7. The zero-order valence-electron chi connectivity index (χ0n) is 20.0. The third-order valence-electron chi connectivity index (χ3n) is 5.31. The van der Waals surface area contributed by atoms with Crippen molar-refractivity contribution in [2.75, 3.05) is 13.2 Å². The Labute approximate surface area is 186 Å². The molecule has 0 bridgehead atoms. The van der Waals surface area contributed by atoms with Gasteiger partial charge in [-0.25, -0.2) is 0 Å². The molecule has 4 heteroatoms. The van der Waals surface area contributed by atoms with Crippen LogP contribution in [0.25, 0.3) is 0 Å². The SMILES string of the molecule is C=C(C)CCOC(=O)CCCCCCCCC(=O)OCCCCCCCCCCC. The molecule has 0 aromatic heterocycles. The molecule has 30 heavy (non-hydrogen) atoms. The molecule has 0 unspecified atom stereocenters. The molecule has 0 saturated carbocycles. The van der Waals surface area contributed by atoms with E-state index in [1.54, 1.807) is 0 Å². The smallest absolute Gasteiger partial charge is 0.305 e. The van der Waals surface area contributed by atoms with Crippen LogP contribution in [-0.2, 0) is 19.1 Å². The molecule has 0 heterocycles. The highest BCUT2D eigenvalue weighted by Crippen LogP contribution is 2.11. The maximum Gasteiger partial charge on any atom is 0.305 e. The summed E-state index contributed by atoms with van der Waals surface area (Å²) in [6, 6.07) is 0. The van der Waals surface area contributed by atoms with E-state index in [2.05, 4.69) is 13.5 Å². The predicted molar refractivity (Wildman–Crippen MR) is 126 cm³/mol. The van der Waals surface area contributed by atoms with E-state index in [9.17, 15) is 9.59 Å². The molecule has 0 rings (SSSR count). The summed E-state index contributed by atoms with van der Waals surface area (Å²) in [5, 5.41) is 0. The van der Waals surface area contributed by atoms with E-state index >= 15 is 0 Å². The third kappa shape index (κ3) is 23.0. The molecular formula is C26H48O4. The highest BCUT2D eigenvalue weighted by Gasteiger charge is 2.04. The largest absolute Gasteiger partial charge is 0.466 e. The summed E-state index contributed by atoms with van der Waals surface area (Å²) in [5.74, 6) is -0.155. The number of carbonyl (C=O) groups excluding carboxylic acids is 2. The van der Waals surface area contributed by atoms with Gasteiger partial charge in [0.2, 0.25) is 0 Å². The zero-order valence-corrected chi connectivity index (χ0v) is 20.0. The monoisotopic (exact) mass is 424 g/mol. The van der Waals surface area contributed by atoms with Crippen molar-refractivity contribution in [1.29, 1.82) is 0 Å². The molecule has 0 aliphatic heterocycles. The second kappa shape index (κ2) is 22.4. The molecular weight excluding hydrogens is 376 g/mol. The molecule has 0 fully saturated rings. The van der Waals surface area contributed by atoms with E-state index in [-0.39, 0.29) is 11.9 Å². The van der Waals surface area contributed by atoms with Gasteiger partial charge in [-0.05, 0) is 26.2 Å². The van der Waals surface area contributed by atoms with Crippen molar-refractivity contribution in [3.63, 3.8) is 0 Å². The number of ether oxygens (including phenoxy) is 2. The van der Waals surface area contributed by atoms with Crippen LogP contribution in [0.4, 0.5) is 0 Å². The molecule has 0 aromatic rings. The Kier molecular flexibility index (Phi) is 21.4. The lowest BCUT2D eigenvalue weighted by Crippen LogP contribution is -2.06. The average Bonchev–Trinajstić information content (AvgIpc) is 2.71. The van der Waals surface area contributed by atoms with Gasteiger partial charge in [-0.1, -0.05) is 89.5 Å². The molecule has 0 spiro atoms. The van der Waals surface area contributed by atoms with Crippen molar-refractivity contribution in [1.82, 2.24) is 0 Å². The Bertz CT molecular complexity index is 431. The highest BCUT2D eigenvalue weighted by molar-refractivity contribution is 5.69. The van der Waals surface area contributed by atoms with Crippen LogP contribution < -0.4 is 0 Å². The topological polar surface area (TPSA) is 52.6 Å². The Morgan fingerprint density at radius 1 is 0.567 bits per heavy atom. The van der Waals surface area contributed by atoms with Gasteiger partial charge in [-0.15, -0.1) is 6.58 Å². The lowest BCUT2D eigenvalue weighted by atomic mass is 10.1. The van der Waals surface area contributed by atoms with Gasteiger partial charge in [-0.3, -0.25) is 9.59 Å². The molecule has 0 radical (unpaired) electrons. The van der Waals surface area contributed by atoms with Gasteiger partial charge in [0.1, 0.15) is 0 Å². The Hall–Kier alpha value is -1.32. The Morgan fingerprint density at radius 2 is 0.967 bits per heavy atom. The number of carbonyl (C=O) groups is 2. The van der Waals surface area contributed by atoms with Crippen molar-refractivity contribution in [3.05, 3.63) is 12.2 Å². The van der Waals surface area contributed by atoms with Crippen molar-refractivity contribution >= 4 is 11.9 Å². The molecule has 176 valence electrons. The van der Waals surface area contributed by atoms with E-state index < -0.39 is 0 Å². The van der Waals surface area contributed by atoms with Crippen LogP contribution in [-0.4, -0.2) is 25.2 Å². The first kappa shape index (κ1) is 28.7. The second-order valence-corrected chi connectivity index (χ2v) is 8.60. The molecule has 0 aromatic carbocycles. The minimum absolute atomic E-state index is 0.0490. The number of hydrogen-bond donors (Lipinski definition) is 0. The van der Waals surface area contributed by atoms with E-state index in [1.807, 2.05) is 6.92 Å². The third-order valence-corrected chi connectivity index (χ3v) is 5.31. The molecule has 0 saturated heterocycles. The van der Waals surface area contributed by atoms with E-state index in [4.69, 9.17) is 9.47 Å². The molecule has 4 nitrogen and oxygen atoms in total. The summed E-state index contributed by atoms with van der Waals surface area (Å²) in [5.41, 5.74) is 1.04. The first-order valence-electron chi connectivity index (χ1n) is 12.5. The fourth-order valence-corrected chi connectivity index (χ4v) is 3.33. The van der Waals surface area contributed by atoms with Crippen LogP contribution in [0, 0.1) is 0 Å². The van der Waals surface area contributed by atoms with Crippen molar-refractivity contribution in [3.8, 4) is 0 Å². The number of esters is 2. The first-order chi connectivity index (χ1) is 14.6. The lowest BCUT2D eigenvalue weighted by molar-refractivity contribution is -0.144. The quantitative estimate of drug-likeness (QED) is 0.101. The van der Waals surface area contributed by atoms with Crippen LogP contribution in [0.3, 0.4) is 0 Å². The van der Waals surface area contributed by atoms with Crippen molar-refractivity contribution < 1.29 is 19.1 Å². The van der Waals surface area contributed by atoms with Crippen LogP contribution in [0.15, 0.2) is 12.2 Å². The van der Waals surface area contributed by atoms with Crippen molar-refractivity contribution in [2.24, 2.45) is 0 Å². The Morgan fingerprint density at radius 3 is 1.43 bits per heavy atom. The van der Waals surface area contributed by atoms with Crippen molar-refractivity contribution in [2.45, 2.75) is 129 Å². The average molecular weight is 425 g/mol. The standard InChI is InChI=1S/C26H48O4/c1-4-5-6-7-8-9-12-15-18-22-29-25(27)19-16-13-10-11-14-17-20-26(28)30-23-21-24(2)3/h2,4-23H2,1,3H3. The predicted octanol–water partition coefficient (Wildman–Crippen LogP) is 7.69. The van der Waals surface area contributed by atoms with E-state index in [0.717, 1.165) is 56.9 Å². The normalized spacial score (nSPS) is 10.7. The molecule has 0 aliphatic carbocycles. The second-order valence-electron chi connectivity index (χ2n) is 8.60. The van der Waals surface area contributed by atoms with Crippen LogP contribution in [0.1, 0.15) is 129 Å². The first-order valence-corrected chi connectivity index (χ1v) is 12.5. The summed E-state index contributed by atoms with van der Waals surface area (Å²) in [6.45, 7) is 9.00. The van der Waals surface area contributed by atoms with E-state index in [0.29, 0.717) is 26.1 Å². The van der Waals surface area contributed by atoms with Gasteiger partial charge in [0.15, 0.2) is 0 Å². The molecule has 0 atom stereocenters. The number of rotatable bonds is 22. The fraction of sp³-hybridized carbons (Fsp3) is 0.846. The summed E-state index contributed by atoms with van der Waals surface area (Å²) >= 11 is 0. The maximum atomic E-state index is 11.7. The minimum atomic E-state index is -0.106. The van der Waals surface area contributed by atoms with Gasteiger partial charge >= 0.3 is 11.9 Å². The van der Waals surface area contributed by atoms with Gasteiger partial charge < -0.3 is 9.47 Å². The number of unbranched alkanes of at least 4 members (excludes halogenated alkanes) is 13. The fourth-order valence-electron chi connectivity index (χ4n) is 3.33.